The van der Waals surface area contributed by atoms with Crippen molar-refractivity contribution in [1.29, 1.82) is 0 Å². The number of rotatable bonds is 7. The van der Waals surface area contributed by atoms with Gasteiger partial charge in [0.15, 0.2) is 5.76 Å². The van der Waals surface area contributed by atoms with Crippen molar-refractivity contribution in [1.82, 2.24) is 10.7 Å². The molecule has 144 valence electrons. The van der Waals surface area contributed by atoms with Gasteiger partial charge in [0.2, 0.25) is 0 Å². The molecule has 2 aromatic heterocycles. The first-order chi connectivity index (χ1) is 13.6. The highest BCUT2D eigenvalue weighted by atomic mass is 35.5. The quantitative estimate of drug-likeness (QED) is 0.467. The Morgan fingerprint density at radius 3 is 2.82 bits per heavy atom. The SMILES string of the molecule is COc1ccc(-c2ccc(/C=N/NC(=O)CNC(=O)c3ccco3)o2)cc1Cl. The van der Waals surface area contributed by atoms with Crippen LogP contribution in [-0.4, -0.2) is 31.7 Å². The van der Waals surface area contributed by atoms with E-state index in [4.69, 9.17) is 25.2 Å². The van der Waals surface area contributed by atoms with Crippen LogP contribution in [-0.2, 0) is 4.79 Å². The molecule has 1 aromatic carbocycles. The van der Waals surface area contributed by atoms with Gasteiger partial charge < -0.3 is 18.9 Å². The highest BCUT2D eigenvalue weighted by Crippen LogP contribution is 2.30. The van der Waals surface area contributed by atoms with Crippen LogP contribution in [0.25, 0.3) is 11.3 Å². The Labute approximate surface area is 165 Å². The van der Waals surface area contributed by atoms with Crippen LogP contribution in [0.2, 0.25) is 5.02 Å². The summed E-state index contributed by atoms with van der Waals surface area (Å²) in [7, 11) is 1.54. The maximum absolute atomic E-state index is 11.7. The van der Waals surface area contributed by atoms with Crippen molar-refractivity contribution in [3.63, 3.8) is 0 Å². The Hall–Kier alpha value is -3.52. The highest BCUT2D eigenvalue weighted by molar-refractivity contribution is 6.32. The van der Waals surface area contributed by atoms with Crippen LogP contribution in [0, 0.1) is 0 Å². The predicted molar refractivity (Wildman–Crippen MR) is 102 cm³/mol. The van der Waals surface area contributed by atoms with Crippen LogP contribution < -0.4 is 15.5 Å². The summed E-state index contributed by atoms with van der Waals surface area (Å²) < 4.78 is 15.7. The lowest BCUT2D eigenvalue weighted by molar-refractivity contribution is -0.120. The maximum atomic E-state index is 11.7. The Morgan fingerprint density at radius 2 is 2.11 bits per heavy atom. The number of furan rings is 2. The van der Waals surface area contributed by atoms with E-state index in [1.165, 1.54) is 18.5 Å². The molecule has 0 unspecified atom stereocenters. The van der Waals surface area contributed by atoms with Gasteiger partial charge in [-0.3, -0.25) is 9.59 Å². The van der Waals surface area contributed by atoms with Crippen LogP contribution in [0.4, 0.5) is 0 Å². The number of ether oxygens (including phenoxy) is 1. The zero-order chi connectivity index (χ0) is 19.9. The van der Waals surface area contributed by atoms with Gasteiger partial charge in [0.05, 0.1) is 31.2 Å². The molecule has 3 rings (SSSR count). The minimum absolute atomic E-state index is 0.123. The van der Waals surface area contributed by atoms with Crippen LogP contribution in [0.1, 0.15) is 16.3 Å². The molecule has 0 saturated carbocycles. The van der Waals surface area contributed by atoms with Crippen molar-refractivity contribution in [2.24, 2.45) is 5.10 Å². The fourth-order valence-corrected chi connectivity index (χ4v) is 2.52. The second kappa shape index (κ2) is 8.92. The number of hydrazone groups is 1. The van der Waals surface area contributed by atoms with Gasteiger partial charge in [-0.2, -0.15) is 5.10 Å². The number of methoxy groups -OCH3 is 1. The number of hydrogen-bond acceptors (Lipinski definition) is 6. The summed E-state index contributed by atoms with van der Waals surface area (Å²) in [6, 6.07) is 11.8. The number of carbonyl (C=O) groups excluding carboxylic acids is 2. The van der Waals surface area contributed by atoms with E-state index in [-0.39, 0.29) is 12.3 Å². The smallest absolute Gasteiger partial charge is 0.287 e. The number of nitrogens with zero attached hydrogens (tertiary/aromatic N) is 1. The molecule has 3 aromatic rings. The lowest BCUT2D eigenvalue weighted by Gasteiger charge is -2.04. The van der Waals surface area contributed by atoms with Crippen molar-refractivity contribution in [2.75, 3.05) is 13.7 Å². The summed E-state index contributed by atoms with van der Waals surface area (Å²) in [5, 5.41) is 6.67. The Morgan fingerprint density at radius 1 is 1.25 bits per heavy atom. The number of hydrogen-bond donors (Lipinski definition) is 2. The number of carbonyl (C=O) groups is 2. The third-order valence-corrected chi connectivity index (χ3v) is 3.89. The molecule has 9 heteroatoms. The molecular formula is C19H16ClN3O5. The van der Waals surface area contributed by atoms with Crippen molar-refractivity contribution in [3.05, 3.63) is 65.3 Å². The van der Waals surface area contributed by atoms with E-state index in [9.17, 15) is 9.59 Å². The van der Waals surface area contributed by atoms with E-state index in [2.05, 4.69) is 15.8 Å². The van der Waals surface area contributed by atoms with E-state index >= 15 is 0 Å². The molecule has 8 nitrogen and oxygen atoms in total. The molecular weight excluding hydrogens is 386 g/mol. The summed E-state index contributed by atoms with van der Waals surface area (Å²) in [4.78, 5) is 23.4. The molecule has 0 spiro atoms. The van der Waals surface area contributed by atoms with Crippen LogP contribution in [0.15, 0.2) is 62.7 Å². The minimum Gasteiger partial charge on any atom is -0.495 e. The van der Waals surface area contributed by atoms with Crippen molar-refractivity contribution < 1.29 is 23.2 Å². The molecule has 0 bridgehead atoms. The fraction of sp³-hybridized carbons (Fsp3) is 0.105. The van der Waals surface area contributed by atoms with E-state index < -0.39 is 11.8 Å². The average Bonchev–Trinajstić information content (AvgIpc) is 3.38. The molecule has 0 saturated heterocycles. The number of nitrogens with one attached hydrogen (secondary N) is 2. The second-order valence-electron chi connectivity index (χ2n) is 5.50. The normalized spacial score (nSPS) is 10.8. The molecule has 28 heavy (non-hydrogen) atoms. The van der Waals surface area contributed by atoms with Gasteiger partial charge >= 0.3 is 0 Å². The van der Waals surface area contributed by atoms with Gasteiger partial charge in [-0.15, -0.1) is 0 Å². The fourth-order valence-electron chi connectivity index (χ4n) is 2.26. The summed E-state index contributed by atoms with van der Waals surface area (Å²) in [5.41, 5.74) is 3.07. The Kier molecular flexibility index (Phi) is 6.13. The first-order valence-corrected chi connectivity index (χ1v) is 8.52. The molecule has 0 atom stereocenters. The zero-order valence-electron chi connectivity index (χ0n) is 14.8. The van der Waals surface area contributed by atoms with Gasteiger partial charge in [0.25, 0.3) is 11.8 Å². The molecule has 0 aliphatic rings. The van der Waals surface area contributed by atoms with E-state index in [0.29, 0.717) is 22.3 Å². The number of halogens is 1. The van der Waals surface area contributed by atoms with Crippen LogP contribution in [0.3, 0.4) is 0 Å². The summed E-state index contributed by atoms with van der Waals surface area (Å²) >= 11 is 6.11. The zero-order valence-corrected chi connectivity index (χ0v) is 15.5. The molecule has 2 heterocycles. The minimum atomic E-state index is -0.495. The monoisotopic (exact) mass is 401 g/mol. The first-order valence-electron chi connectivity index (χ1n) is 8.14. The predicted octanol–water partition coefficient (Wildman–Crippen LogP) is 3.08. The molecule has 0 fully saturated rings. The van der Waals surface area contributed by atoms with Crippen molar-refractivity contribution in [2.45, 2.75) is 0 Å². The molecule has 2 amide bonds. The summed E-state index contributed by atoms with van der Waals surface area (Å²) in [6.45, 7) is -0.245. The van der Waals surface area contributed by atoms with E-state index in [1.807, 2.05) is 6.07 Å². The molecule has 2 N–H and O–H groups in total. The van der Waals surface area contributed by atoms with Crippen LogP contribution in [0.5, 0.6) is 5.75 Å². The summed E-state index contributed by atoms with van der Waals surface area (Å²) in [6.07, 6.45) is 2.72. The summed E-state index contributed by atoms with van der Waals surface area (Å²) in [5.74, 6) is 0.728. The third kappa shape index (κ3) is 4.80. The average molecular weight is 402 g/mol. The molecule has 0 aliphatic heterocycles. The van der Waals surface area contributed by atoms with Gasteiger partial charge in [-0.05, 0) is 42.5 Å². The Bertz CT molecular complexity index is 995. The molecule has 0 radical (unpaired) electrons. The first kappa shape index (κ1) is 19.2. The maximum Gasteiger partial charge on any atom is 0.287 e. The highest BCUT2D eigenvalue weighted by Gasteiger charge is 2.10. The van der Waals surface area contributed by atoms with E-state index in [1.54, 1.807) is 37.4 Å². The third-order valence-electron chi connectivity index (χ3n) is 3.60. The standard InChI is InChI=1S/C19H16ClN3O5/c1-26-16-6-4-12(9-14(16)20)15-7-5-13(28-15)10-22-23-18(24)11-21-19(25)17-3-2-8-27-17/h2-10H,11H2,1H3,(H,21,25)(H,23,24)/b22-10+. The second-order valence-corrected chi connectivity index (χ2v) is 5.91. The lowest BCUT2D eigenvalue weighted by atomic mass is 10.2. The van der Waals surface area contributed by atoms with Gasteiger partial charge in [-0.1, -0.05) is 11.6 Å². The number of benzene rings is 1. The number of amides is 2. The topological polar surface area (TPSA) is 106 Å². The molecule has 0 aliphatic carbocycles. The largest absolute Gasteiger partial charge is 0.495 e. The van der Waals surface area contributed by atoms with Gasteiger partial charge in [-0.25, -0.2) is 5.43 Å². The van der Waals surface area contributed by atoms with Gasteiger partial charge in [0.1, 0.15) is 17.3 Å². The van der Waals surface area contributed by atoms with Crippen LogP contribution >= 0.6 is 11.6 Å². The van der Waals surface area contributed by atoms with Gasteiger partial charge in [0, 0.05) is 5.56 Å². The van der Waals surface area contributed by atoms with E-state index in [0.717, 1.165) is 5.56 Å². The Balaban J connectivity index is 1.52. The lowest BCUT2D eigenvalue weighted by Crippen LogP contribution is -2.34. The van der Waals surface area contributed by atoms with Crippen molar-refractivity contribution >= 4 is 29.6 Å². The van der Waals surface area contributed by atoms with Crippen molar-refractivity contribution in [3.8, 4) is 17.1 Å².